The highest BCUT2D eigenvalue weighted by atomic mass is 19.1. The van der Waals surface area contributed by atoms with E-state index < -0.39 is 0 Å². The van der Waals surface area contributed by atoms with Gasteiger partial charge in [-0.25, -0.2) is 4.39 Å². The van der Waals surface area contributed by atoms with Crippen molar-refractivity contribution in [1.82, 2.24) is 15.5 Å². The largest absolute Gasteiger partial charge is 0.356 e. The van der Waals surface area contributed by atoms with Crippen molar-refractivity contribution in [1.29, 1.82) is 0 Å². The maximum absolute atomic E-state index is 13.0. The molecule has 166 valence electrons. The van der Waals surface area contributed by atoms with E-state index in [0.29, 0.717) is 24.9 Å². The van der Waals surface area contributed by atoms with E-state index >= 15 is 0 Å². The molecule has 2 N–H and O–H groups in total. The van der Waals surface area contributed by atoms with Gasteiger partial charge in [0.15, 0.2) is 0 Å². The topological polar surface area (TPSA) is 44.4 Å². The highest BCUT2D eigenvalue weighted by Gasteiger charge is 2.35. The summed E-state index contributed by atoms with van der Waals surface area (Å²) < 4.78 is 13.0. The highest BCUT2D eigenvalue weighted by Crippen LogP contribution is 2.31. The van der Waals surface area contributed by atoms with Crippen molar-refractivity contribution in [2.24, 2.45) is 11.8 Å². The average molecular weight is 424 g/mol. The lowest BCUT2D eigenvalue weighted by Gasteiger charge is -2.46. The van der Waals surface area contributed by atoms with Crippen molar-refractivity contribution in [2.45, 2.75) is 44.7 Å². The van der Waals surface area contributed by atoms with E-state index in [1.807, 2.05) is 0 Å². The second-order valence-corrected chi connectivity index (χ2v) is 9.17. The van der Waals surface area contributed by atoms with E-state index in [-0.39, 0.29) is 11.7 Å². The lowest BCUT2D eigenvalue weighted by molar-refractivity contribution is -0.121. The maximum Gasteiger partial charge on any atom is 0.220 e. The summed E-state index contributed by atoms with van der Waals surface area (Å²) in [4.78, 5) is 14.8. The molecule has 0 radical (unpaired) electrons. The molecular formula is C26H34FN3O. The Balaban J connectivity index is 1.16. The molecule has 2 heterocycles. The number of fused-ring (bicyclic) bond motifs is 2. The number of likely N-dealkylation sites (tertiary alicyclic amines) is 1. The number of amides is 1. The standard InChI is InChI=1S/C26H34FN3O/c27-24-11-9-20(10-12-24)13-14-28-26(31)8-4-7-25-23-15-22(16-29-25)18-30(19-23)17-21-5-2-1-3-6-21/h1-3,5-6,9-12,22-23,25,29H,4,7-8,13-19H2,(H,28,31)/t22?,23?,25-/m1/s1. The molecule has 2 saturated heterocycles. The SMILES string of the molecule is O=C(CCC[C@H]1NCC2CC1CN(Cc1ccccc1)C2)NCCc1ccc(F)cc1. The fourth-order valence-electron chi connectivity index (χ4n) is 5.15. The number of carbonyl (C=O) groups is 1. The minimum absolute atomic E-state index is 0.116. The van der Waals surface area contributed by atoms with Gasteiger partial charge in [0.1, 0.15) is 5.82 Å². The van der Waals surface area contributed by atoms with Gasteiger partial charge in [-0.2, -0.15) is 0 Å². The van der Waals surface area contributed by atoms with Gasteiger partial charge in [0.05, 0.1) is 0 Å². The zero-order valence-electron chi connectivity index (χ0n) is 18.2. The third kappa shape index (κ3) is 6.62. The van der Waals surface area contributed by atoms with Gasteiger partial charge >= 0.3 is 0 Å². The van der Waals surface area contributed by atoms with E-state index in [2.05, 4.69) is 45.9 Å². The Morgan fingerprint density at radius 1 is 1.06 bits per heavy atom. The van der Waals surface area contributed by atoms with Crippen LogP contribution in [0.5, 0.6) is 0 Å². The van der Waals surface area contributed by atoms with E-state index in [4.69, 9.17) is 0 Å². The predicted molar refractivity (Wildman–Crippen MR) is 122 cm³/mol. The highest BCUT2D eigenvalue weighted by molar-refractivity contribution is 5.75. The van der Waals surface area contributed by atoms with E-state index in [0.717, 1.165) is 50.4 Å². The number of hydrogen-bond acceptors (Lipinski definition) is 3. The Hall–Kier alpha value is -2.24. The number of nitrogens with zero attached hydrogens (tertiary/aromatic N) is 1. The summed E-state index contributed by atoms with van der Waals surface area (Å²) in [7, 11) is 0. The van der Waals surface area contributed by atoms with Crippen LogP contribution in [0.3, 0.4) is 0 Å². The first-order valence-corrected chi connectivity index (χ1v) is 11.7. The van der Waals surface area contributed by atoms with E-state index in [1.165, 1.54) is 30.7 Å². The summed E-state index contributed by atoms with van der Waals surface area (Å²) in [5.74, 6) is 1.31. The quantitative estimate of drug-likeness (QED) is 0.645. The summed E-state index contributed by atoms with van der Waals surface area (Å²) in [5.41, 5.74) is 2.43. The van der Waals surface area contributed by atoms with Crippen molar-refractivity contribution in [2.75, 3.05) is 26.2 Å². The van der Waals surface area contributed by atoms with Gasteiger partial charge in [-0.1, -0.05) is 42.5 Å². The fraction of sp³-hybridized carbons (Fsp3) is 0.500. The molecular weight excluding hydrogens is 389 g/mol. The van der Waals surface area contributed by atoms with E-state index in [1.54, 1.807) is 12.1 Å². The van der Waals surface area contributed by atoms with Gasteiger partial charge in [0.2, 0.25) is 5.91 Å². The second-order valence-electron chi connectivity index (χ2n) is 9.17. The molecule has 2 aliphatic rings. The number of rotatable bonds is 9. The molecule has 2 aromatic rings. The summed E-state index contributed by atoms with van der Waals surface area (Å²) in [5, 5.41) is 6.76. The maximum atomic E-state index is 13.0. The summed E-state index contributed by atoms with van der Waals surface area (Å²) >= 11 is 0. The Labute approximate surface area is 185 Å². The monoisotopic (exact) mass is 423 g/mol. The fourth-order valence-corrected chi connectivity index (χ4v) is 5.15. The molecule has 1 amide bonds. The molecule has 2 bridgehead atoms. The van der Waals surface area contributed by atoms with Crippen LogP contribution in [0.15, 0.2) is 54.6 Å². The van der Waals surface area contributed by atoms with Crippen molar-refractivity contribution < 1.29 is 9.18 Å². The lowest BCUT2D eigenvalue weighted by Crippen LogP contribution is -2.55. The van der Waals surface area contributed by atoms with Gasteiger partial charge in [-0.05, 0) is 67.3 Å². The molecule has 2 unspecified atom stereocenters. The number of carbonyl (C=O) groups excluding carboxylic acids is 1. The number of halogens is 1. The summed E-state index contributed by atoms with van der Waals surface area (Å²) in [6, 6.07) is 17.7. The van der Waals surface area contributed by atoms with Gasteiger partial charge < -0.3 is 10.6 Å². The van der Waals surface area contributed by atoms with Crippen LogP contribution >= 0.6 is 0 Å². The van der Waals surface area contributed by atoms with Gasteiger partial charge in [0.25, 0.3) is 0 Å². The molecule has 0 spiro atoms. The van der Waals surface area contributed by atoms with Crippen LogP contribution in [0.2, 0.25) is 0 Å². The Morgan fingerprint density at radius 3 is 2.68 bits per heavy atom. The van der Waals surface area contributed by atoms with Crippen LogP contribution in [-0.4, -0.2) is 43.0 Å². The first-order valence-electron chi connectivity index (χ1n) is 11.7. The molecule has 31 heavy (non-hydrogen) atoms. The minimum Gasteiger partial charge on any atom is -0.356 e. The minimum atomic E-state index is -0.225. The number of hydrogen-bond donors (Lipinski definition) is 2. The molecule has 0 aliphatic carbocycles. The third-order valence-corrected chi connectivity index (χ3v) is 6.70. The van der Waals surface area contributed by atoms with Crippen molar-refractivity contribution >= 4 is 5.91 Å². The predicted octanol–water partition coefficient (Wildman–Crippen LogP) is 3.76. The zero-order valence-corrected chi connectivity index (χ0v) is 18.2. The Kier molecular flexibility index (Phi) is 7.71. The molecule has 2 aliphatic heterocycles. The van der Waals surface area contributed by atoms with E-state index in [9.17, 15) is 9.18 Å². The third-order valence-electron chi connectivity index (χ3n) is 6.70. The van der Waals surface area contributed by atoms with Crippen LogP contribution < -0.4 is 10.6 Å². The Morgan fingerprint density at radius 2 is 1.87 bits per heavy atom. The van der Waals surface area contributed by atoms with Crippen LogP contribution in [0.25, 0.3) is 0 Å². The molecule has 2 fully saturated rings. The van der Waals surface area contributed by atoms with Gasteiger partial charge in [0, 0.05) is 38.6 Å². The average Bonchev–Trinajstić information content (AvgIpc) is 2.77. The molecule has 3 atom stereocenters. The molecule has 4 nitrogen and oxygen atoms in total. The van der Waals surface area contributed by atoms with Gasteiger partial charge in [-0.15, -0.1) is 0 Å². The van der Waals surface area contributed by atoms with Crippen LogP contribution in [0.1, 0.15) is 36.8 Å². The lowest BCUT2D eigenvalue weighted by atomic mass is 9.79. The van der Waals surface area contributed by atoms with Crippen LogP contribution in [0, 0.1) is 17.7 Å². The molecule has 0 saturated carbocycles. The summed E-state index contributed by atoms with van der Waals surface area (Å²) in [6.45, 7) is 5.06. The van der Waals surface area contributed by atoms with Crippen LogP contribution in [-0.2, 0) is 17.8 Å². The molecule has 5 heteroatoms. The second kappa shape index (κ2) is 10.9. The first kappa shape index (κ1) is 22.0. The van der Waals surface area contributed by atoms with Crippen molar-refractivity contribution in [3.8, 4) is 0 Å². The number of benzene rings is 2. The number of nitrogens with one attached hydrogen (secondary N) is 2. The smallest absolute Gasteiger partial charge is 0.220 e. The zero-order chi connectivity index (χ0) is 21.5. The molecule has 0 aromatic heterocycles. The molecule has 4 rings (SSSR count). The van der Waals surface area contributed by atoms with Crippen molar-refractivity contribution in [3.05, 3.63) is 71.5 Å². The number of piperidine rings is 2. The molecule has 2 aromatic carbocycles. The normalized spacial score (nSPS) is 23.5. The van der Waals surface area contributed by atoms with Gasteiger partial charge in [-0.3, -0.25) is 9.69 Å². The van der Waals surface area contributed by atoms with Crippen LogP contribution in [0.4, 0.5) is 4.39 Å². The van der Waals surface area contributed by atoms with Crippen molar-refractivity contribution in [3.63, 3.8) is 0 Å². The Bertz CT molecular complexity index is 826. The first-order chi connectivity index (χ1) is 15.2. The summed E-state index contributed by atoms with van der Waals surface area (Å²) in [6.07, 6.45) is 4.59.